The molecular weight excluding hydrogens is 230 g/mol. The molecule has 1 spiro atoms. The van der Waals surface area contributed by atoms with E-state index in [1.807, 2.05) is 18.2 Å². The van der Waals surface area contributed by atoms with E-state index < -0.39 is 0 Å². The van der Waals surface area contributed by atoms with Gasteiger partial charge in [-0.25, -0.2) is 0 Å². The molecule has 4 nitrogen and oxygen atoms in total. The van der Waals surface area contributed by atoms with Gasteiger partial charge in [0.15, 0.2) is 0 Å². The van der Waals surface area contributed by atoms with Crippen molar-refractivity contribution in [3.8, 4) is 11.5 Å². The first-order valence-corrected chi connectivity index (χ1v) is 6.39. The molecule has 1 saturated heterocycles. The third-order valence-electron chi connectivity index (χ3n) is 4.13. The predicted molar refractivity (Wildman–Crippen MR) is 67.9 cm³/mol. The molecule has 0 aromatic heterocycles. The average Bonchev–Trinajstić information content (AvgIpc) is 2.69. The summed E-state index contributed by atoms with van der Waals surface area (Å²) < 4.78 is 17.1. The van der Waals surface area contributed by atoms with Crippen LogP contribution in [-0.4, -0.2) is 25.4 Å². The number of hydrogen-bond donors (Lipinski definition) is 1. The molecule has 0 bridgehead atoms. The number of ether oxygens (including phenoxy) is 3. The van der Waals surface area contributed by atoms with Crippen molar-refractivity contribution in [2.75, 3.05) is 13.7 Å². The minimum absolute atomic E-state index is 0.00352. The zero-order chi connectivity index (χ0) is 12.8. The lowest BCUT2D eigenvalue weighted by Gasteiger charge is -2.40. The third kappa shape index (κ3) is 1.68. The molecule has 0 radical (unpaired) electrons. The van der Waals surface area contributed by atoms with Crippen LogP contribution in [0.4, 0.5) is 0 Å². The van der Waals surface area contributed by atoms with Gasteiger partial charge in [0.1, 0.15) is 17.1 Å². The first kappa shape index (κ1) is 11.8. The summed E-state index contributed by atoms with van der Waals surface area (Å²) in [4.78, 5) is 0. The standard InChI is InChI=1S/C14H19NO3/c1-9-14(5-6-17-9)8-12(15)11-4-3-10(16-2)7-13(11)18-14/h3-4,7,9,12H,5-6,8,15H2,1-2H3/t9?,12-,14?/m1/s1. The Hall–Kier alpha value is -1.26. The van der Waals surface area contributed by atoms with Crippen molar-refractivity contribution in [2.24, 2.45) is 5.73 Å². The lowest BCUT2D eigenvalue weighted by molar-refractivity contribution is -0.0276. The molecule has 0 saturated carbocycles. The predicted octanol–water partition coefficient (Wildman–Crippen LogP) is 2.03. The van der Waals surface area contributed by atoms with Crippen molar-refractivity contribution >= 4 is 0 Å². The average molecular weight is 249 g/mol. The summed E-state index contributed by atoms with van der Waals surface area (Å²) in [6.07, 6.45) is 1.80. The van der Waals surface area contributed by atoms with Crippen LogP contribution in [-0.2, 0) is 4.74 Å². The zero-order valence-electron chi connectivity index (χ0n) is 10.8. The quantitative estimate of drug-likeness (QED) is 0.827. The number of nitrogens with two attached hydrogens (primary N) is 1. The molecule has 1 aromatic rings. The molecule has 2 heterocycles. The van der Waals surface area contributed by atoms with Crippen molar-refractivity contribution in [3.63, 3.8) is 0 Å². The fourth-order valence-corrected chi connectivity index (χ4v) is 2.94. The van der Waals surface area contributed by atoms with E-state index in [1.54, 1.807) is 7.11 Å². The fourth-order valence-electron chi connectivity index (χ4n) is 2.94. The first-order valence-electron chi connectivity index (χ1n) is 6.39. The third-order valence-corrected chi connectivity index (χ3v) is 4.13. The monoisotopic (exact) mass is 249 g/mol. The first-order chi connectivity index (χ1) is 8.64. The zero-order valence-corrected chi connectivity index (χ0v) is 10.8. The molecular formula is C14H19NO3. The van der Waals surface area contributed by atoms with E-state index in [-0.39, 0.29) is 17.7 Å². The van der Waals surface area contributed by atoms with E-state index >= 15 is 0 Å². The van der Waals surface area contributed by atoms with Gasteiger partial charge < -0.3 is 19.9 Å². The molecule has 18 heavy (non-hydrogen) atoms. The molecule has 2 aliphatic heterocycles. The number of rotatable bonds is 1. The van der Waals surface area contributed by atoms with Crippen molar-refractivity contribution in [2.45, 2.75) is 37.5 Å². The van der Waals surface area contributed by atoms with Gasteiger partial charge in [0.25, 0.3) is 0 Å². The van der Waals surface area contributed by atoms with Crippen molar-refractivity contribution in [1.29, 1.82) is 0 Å². The molecule has 4 heteroatoms. The van der Waals surface area contributed by atoms with Gasteiger partial charge in [-0.3, -0.25) is 0 Å². The van der Waals surface area contributed by atoms with Crippen LogP contribution in [0, 0.1) is 0 Å². The molecule has 3 rings (SSSR count). The summed E-state index contributed by atoms with van der Waals surface area (Å²) in [5.74, 6) is 1.63. The Labute approximate surface area is 107 Å². The molecule has 0 amide bonds. The summed E-state index contributed by atoms with van der Waals surface area (Å²) in [5, 5.41) is 0. The number of fused-ring (bicyclic) bond motifs is 1. The van der Waals surface area contributed by atoms with E-state index in [2.05, 4.69) is 6.92 Å². The van der Waals surface area contributed by atoms with Gasteiger partial charge in [-0.2, -0.15) is 0 Å². The highest BCUT2D eigenvalue weighted by atomic mass is 16.6. The number of benzene rings is 1. The number of hydrogen-bond acceptors (Lipinski definition) is 4. The van der Waals surface area contributed by atoms with Gasteiger partial charge >= 0.3 is 0 Å². The second-order valence-electron chi connectivity index (χ2n) is 5.14. The topological polar surface area (TPSA) is 53.7 Å². The van der Waals surface area contributed by atoms with E-state index in [0.29, 0.717) is 0 Å². The van der Waals surface area contributed by atoms with Crippen LogP contribution in [0.15, 0.2) is 18.2 Å². The molecule has 2 unspecified atom stereocenters. The summed E-state index contributed by atoms with van der Waals surface area (Å²) >= 11 is 0. The molecule has 2 aliphatic rings. The molecule has 1 fully saturated rings. The minimum Gasteiger partial charge on any atom is -0.497 e. The van der Waals surface area contributed by atoms with E-state index in [4.69, 9.17) is 19.9 Å². The maximum absolute atomic E-state index is 6.28. The Bertz CT molecular complexity index is 462. The molecule has 3 atom stereocenters. The summed E-state index contributed by atoms with van der Waals surface area (Å²) in [7, 11) is 1.65. The van der Waals surface area contributed by atoms with Crippen LogP contribution in [0.2, 0.25) is 0 Å². The SMILES string of the molecule is COc1ccc2c(c1)OC1(CCOC1C)C[C@H]2N. The Morgan fingerprint density at radius 1 is 1.44 bits per heavy atom. The van der Waals surface area contributed by atoms with Gasteiger partial charge in [0.2, 0.25) is 0 Å². The van der Waals surface area contributed by atoms with E-state index in [9.17, 15) is 0 Å². The lowest BCUT2D eigenvalue weighted by atomic mass is 9.83. The molecule has 98 valence electrons. The summed E-state index contributed by atoms with van der Waals surface area (Å²) in [6, 6.07) is 5.84. The van der Waals surface area contributed by atoms with E-state index in [0.717, 1.165) is 36.5 Å². The van der Waals surface area contributed by atoms with Crippen molar-refractivity contribution < 1.29 is 14.2 Å². The highest BCUT2D eigenvalue weighted by Gasteiger charge is 2.48. The number of methoxy groups -OCH3 is 1. The van der Waals surface area contributed by atoms with Crippen LogP contribution in [0.3, 0.4) is 0 Å². The minimum atomic E-state index is -0.265. The van der Waals surface area contributed by atoms with E-state index in [1.165, 1.54) is 0 Å². The van der Waals surface area contributed by atoms with Crippen LogP contribution >= 0.6 is 0 Å². The second kappa shape index (κ2) is 4.14. The Morgan fingerprint density at radius 2 is 2.28 bits per heavy atom. The van der Waals surface area contributed by atoms with Crippen LogP contribution in [0.5, 0.6) is 11.5 Å². The van der Waals surface area contributed by atoms with Crippen molar-refractivity contribution in [1.82, 2.24) is 0 Å². The smallest absolute Gasteiger partial charge is 0.139 e. The Balaban J connectivity index is 1.99. The van der Waals surface area contributed by atoms with Gasteiger partial charge in [-0.1, -0.05) is 6.07 Å². The second-order valence-corrected chi connectivity index (χ2v) is 5.14. The van der Waals surface area contributed by atoms with Gasteiger partial charge in [-0.05, 0) is 13.0 Å². The van der Waals surface area contributed by atoms with Crippen molar-refractivity contribution in [3.05, 3.63) is 23.8 Å². The largest absolute Gasteiger partial charge is 0.497 e. The van der Waals surface area contributed by atoms with Crippen LogP contribution in [0.25, 0.3) is 0 Å². The van der Waals surface area contributed by atoms with Gasteiger partial charge in [0.05, 0.1) is 19.8 Å². The van der Waals surface area contributed by atoms with Gasteiger partial charge in [0, 0.05) is 30.5 Å². The fraction of sp³-hybridized carbons (Fsp3) is 0.571. The molecule has 2 N–H and O–H groups in total. The molecule has 0 aliphatic carbocycles. The summed E-state index contributed by atoms with van der Waals surface area (Å²) in [5.41, 5.74) is 7.07. The maximum Gasteiger partial charge on any atom is 0.139 e. The molecule has 1 aromatic carbocycles. The lowest BCUT2D eigenvalue weighted by Crippen LogP contribution is -2.47. The summed E-state index contributed by atoms with van der Waals surface area (Å²) in [6.45, 7) is 2.80. The maximum atomic E-state index is 6.28. The highest BCUT2D eigenvalue weighted by molar-refractivity contribution is 5.44. The van der Waals surface area contributed by atoms with Gasteiger partial charge in [-0.15, -0.1) is 0 Å². The Kier molecular flexibility index (Phi) is 2.72. The highest BCUT2D eigenvalue weighted by Crippen LogP contribution is 2.45. The normalized spacial score (nSPS) is 34.2. The Morgan fingerprint density at radius 3 is 2.94 bits per heavy atom. The van der Waals surface area contributed by atoms with Crippen LogP contribution < -0.4 is 15.2 Å². The van der Waals surface area contributed by atoms with Crippen LogP contribution in [0.1, 0.15) is 31.4 Å².